The summed E-state index contributed by atoms with van der Waals surface area (Å²) >= 11 is 0. The number of nitrogens with zero attached hydrogens (tertiary/aromatic N) is 1. The fourth-order valence-electron chi connectivity index (χ4n) is 2.22. The summed E-state index contributed by atoms with van der Waals surface area (Å²) in [6.45, 7) is 3.47. The SMILES string of the molecule is CCOC(=O)CCNCCc1cc(OC)c(OC)cc1CC#N.O=C(O)C(=O)O. The van der Waals surface area contributed by atoms with E-state index < -0.39 is 11.9 Å². The van der Waals surface area contributed by atoms with Crippen LogP contribution in [0, 0.1) is 11.3 Å². The molecule has 1 aromatic rings. The predicted octanol–water partition coefficient (Wildman–Crippen LogP) is 1.01. The molecule has 0 saturated heterocycles. The number of nitriles is 1. The van der Waals surface area contributed by atoms with Crippen LogP contribution in [0.25, 0.3) is 0 Å². The highest BCUT2D eigenvalue weighted by Crippen LogP contribution is 2.31. The first kappa shape index (κ1) is 25.7. The molecule has 0 atom stereocenters. The Labute approximate surface area is 169 Å². The van der Waals surface area contributed by atoms with Gasteiger partial charge in [-0.05, 0) is 43.1 Å². The number of carbonyl (C=O) groups is 3. The van der Waals surface area contributed by atoms with E-state index >= 15 is 0 Å². The molecule has 0 saturated carbocycles. The summed E-state index contributed by atoms with van der Waals surface area (Å²) in [4.78, 5) is 29.4. The molecular weight excluding hydrogens is 384 g/mol. The van der Waals surface area contributed by atoms with Gasteiger partial charge in [-0.3, -0.25) is 4.79 Å². The lowest BCUT2D eigenvalue weighted by molar-refractivity contribution is -0.159. The van der Waals surface area contributed by atoms with Crippen molar-refractivity contribution in [3.8, 4) is 17.6 Å². The Bertz CT molecular complexity index is 716. The van der Waals surface area contributed by atoms with Crippen molar-refractivity contribution in [3.05, 3.63) is 23.3 Å². The number of nitrogens with one attached hydrogen (secondary N) is 1. The summed E-state index contributed by atoms with van der Waals surface area (Å²) in [7, 11) is 3.16. The third-order valence-electron chi connectivity index (χ3n) is 3.54. The molecule has 3 N–H and O–H groups in total. The Kier molecular flexibility index (Phi) is 13.0. The molecule has 1 aromatic carbocycles. The Hall–Kier alpha value is -3.32. The number of hydrogen-bond acceptors (Lipinski definition) is 8. The molecule has 0 bridgehead atoms. The number of carbonyl (C=O) groups excluding carboxylic acids is 1. The van der Waals surface area contributed by atoms with Gasteiger partial charge in [-0.15, -0.1) is 0 Å². The molecule has 0 aliphatic carbocycles. The number of hydrogen-bond donors (Lipinski definition) is 3. The molecule has 0 heterocycles. The molecule has 0 spiro atoms. The largest absolute Gasteiger partial charge is 0.493 e. The molecule has 1 rings (SSSR count). The highest BCUT2D eigenvalue weighted by molar-refractivity contribution is 6.27. The molecule has 0 aromatic heterocycles. The number of aliphatic carboxylic acids is 2. The van der Waals surface area contributed by atoms with Gasteiger partial charge in [0.25, 0.3) is 0 Å². The maximum Gasteiger partial charge on any atom is 0.414 e. The minimum Gasteiger partial charge on any atom is -0.493 e. The van der Waals surface area contributed by atoms with Crippen LogP contribution in [0.15, 0.2) is 12.1 Å². The first-order valence-corrected chi connectivity index (χ1v) is 8.73. The lowest BCUT2D eigenvalue weighted by atomic mass is 10.0. The van der Waals surface area contributed by atoms with E-state index in [-0.39, 0.29) is 5.97 Å². The Morgan fingerprint density at radius 3 is 2.03 bits per heavy atom. The van der Waals surface area contributed by atoms with E-state index in [1.165, 1.54) is 0 Å². The molecule has 0 amide bonds. The zero-order valence-electron chi connectivity index (χ0n) is 16.7. The number of carboxylic acid groups (broad SMARTS) is 2. The van der Waals surface area contributed by atoms with Crippen molar-refractivity contribution in [2.45, 2.75) is 26.2 Å². The molecule has 29 heavy (non-hydrogen) atoms. The highest BCUT2D eigenvalue weighted by Gasteiger charge is 2.11. The zero-order valence-corrected chi connectivity index (χ0v) is 16.7. The standard InChI is InChI=1S/C17H24N2O4.C2H2O4/c1-4-23-17(20)7-10-19-9-6-14-12-16(22-3)15(21-2)11-13(14)5-8-18;3-1(4)2(5)6/h11-12,19H,4-7,9-10H2,1-3H3;(H,3,4)(H,5,6). The van der Waals surface area contributed by atoms with E-state index in [0.29, 0.717) is 44.0 Å². The Balaban J connectivity index is 0.00000113. The summed E-state index contributed by atoms with van der Waals surface area (Å²) in [6, 6.07) is 5.91. The Morgan fingerprint density at radius 1 is 1.03 bits per heavy atom. The quantitative estimate of drug-likeness (QED) is 0.289. The third kappa shape index (κ3) is 10.6. The van der Waals surface area contributed by atoms with Gasteiger partial charge in [0.1, 0.15) is 0 Å². The van der Waals surface area contributed by atoms with Gasteiger partial charge in [-0.2, -0.15) is 5.26 Å². The predicted molar refractivity (Wildman–Crippen MR) is 102 cm³/mol. The van der Waals surface area contributed by atoms with Crippen molar-refractivity contribution in [2.24, 2.45) is 0 Å². The van der Waals surface area contributed by atoms with Crippen molar-refractivity contribution >= 4 is 17.9 Å². The molecule has 0 aliphatic heterocycles. The van der Waals surface area contributed by atoms with Crippen LogP contribution in [-0.2, 0) is 32.0 Å². The van der Waals surface area contributed by atoms with Crippen LogP contribution in [-0.4, -0.2) is 62.0 Å². The second kappa shape index (κ2) is 14.7. The summed E-state index contributed by atoms with van der Waals surface area (Å²) < 4.78 is 15.4. The number of methoxy groups -OCH3 is 2. The van der Waals surface area contributed by atoms with Crippen LogP contribution < -0.4 is 14.8 Å². The van der Waals surface area contributed by atoms with Gasteiger partial charge in [0.2, 0.25) is 0 Å². The topological polar surface area (TPSA) is 155 Å². The number of ether oxygens (including phenoxy) is 3. The first-order chi connectivity index (χ1) is 13.8. The van der Waals surface area contributed by atoms with Crippen LogP contribution >= 0.6 is 0 Å². The van der Waals surface area contributed by atoms with Crippen LogP contribution in [0.4, 0.5) is 0 Å². The summed E-state index contributed by atoms with van der Waals surface area (Å²) in [5.41, 5.74) is 1.96. The summed E-state index contributed by atoms with van der Waals surface area (Å²) in [6.07, 6.45) is 1.41. The lowest BCUT2D eigenvalue weighted by Crippen LogP contribution is -2.22. The second-order valence-corrected chi connectivity index (χ2v) is 5.48. The monoisotopic (exact) mass is 410 g/mol. The van der Waals surface area contributed by atoms with Gasteiger partial charge in [-0.1, -0.05) is 0 Å². The average molecular weight is 410 g/mol. The van der Waals surface area contributed by atoms with E-state index in [1.54, 1.807) is 21.1 Å². The minimum atomic E-state index is -1.82. The van der Waals surface area contributed by atoms with E-state index in [2.05, 4.69) is 11.4 Å². The molecule has 160 valence electrons. The van der Waals surface area contributed by atoms with Crippen LogP contribution in [0.3, 0.4) is 0 Å². The fourth-order valence-corrected chi connectivity index (χ4v) is 2.22. The van der Waals surface area contributed by atoms with Gasteiger partial charge < -0.3 is 29.7 Å². The molecule has 0 aliphatic rings. The number of carboxylic acids is 2. The minimum absolute atomic E-state index is 0.198. The molecular formula is C19H26N2O8. The van der Waals surface area contributed by atoms with Crippen LogP contribution in [0.1, 0.15) is 24.5 Å². The van der Waals surface area contributed by atoms with Crippen molar-refractivity contribution < 1.29 is 38.8 Å². The summed E-state index contributed by atoms with van der Waals surface area (Å²) in [5, 5.41) is 27.0. The van der Waals surface area contributed by atoms with Gasteiger partial charge >= 0.3 is 17.9 Å². The van der Waals surface area contributed by atoms with Gasteiger partial charge in [0, 0.05) is 6.54 Å². The second-order valence-electron chi connectivity index (χ2n) is 5.48. The van der Waals surface area contributed by atoms with Crippen LogP contribution in [0.2, 0.25) is 0 Å². The van der Waals surface area contributed by atoms with Crippen LogP contribution in [0.5, 0.6) is 11.5 Å². The molecule has 0 unspecified atom stereocenters. The summed E-state index contributed by atoms with van der Waals surface area (Å²) in [5.74, 6) is -2.58. The molecule has 10 nitrogen and oxygen atoms in total. The van der Waals surface area contributed by atoms with Gasteiger partial charge in [-0.25, -0.2) is 9.59 Å². The maximum atomic E-state index is 11.2. The smallest absolute Gasteiger partial charge is 0.414 e. The van der Waals surface area contributed by atoms with E-state index in [9.17, 15) is 4.79 Å². The third-order valence-corrected chi connectivity index (χ3v) is 3.54. The van der Waals surface area contributed by atoms with E-state index in [4.69, 9.17) is 39.3 Å². The van der Waals surface area contributed by atoms with Gasteiger partial charge in [0.05, 0.1) is 39.7 Å². The zero-order chi connectivity index (χ0) is 22.2. The van der Waals surface area contributed by atoms with Crippen molar-refractivity contribution in [3.63, 3.8) is 0 Å². The first-order valence-electron chi connectivity index (χ1n) is 8.73. The molecule has 10 heteroatoms. The molecule has 0 fully saturated rings. The van der Waals surface area contributed by atoms with E-state index in [0.717, 1.165) is 17.5 Å². The van der Waals surface area contributed by atoms with Crippen molar-refractivity contribution in [1.82, 2.24) is 5.32 Å². The number of benzene rings is 1. The van der Waals surface area contributed by atoms with Gasteiger partial charge in [0.15, 0.2) is 11.5 Å². The fraction of sp³-hybridized carbons (Fsp3) is 0.474. The highest BCUT2D eigenvalue weighted by atomic mass is 16.5. The van der Waals surface area contributed by atoms with E-state index in [1.807, 2.05) is 12.1 Å². The number of rotatable bonds is 10. The lowest BCUT2D eigenvalue weighted by Gasteiger charge is -2.14. The number of esters is 1. The van der Waals surface area contributed by atoms with Crippen molar-refractivity contribution in [2.75, 3.05) is 33.9 Å². The Morgan fingerprint density at radius 2 is 1.59 bits per heavy atom. The van der Waals surface area contributed by atoms with Crippen molar-refractivity contribution in [1.29, 1.82) is 5.26 Å². The normalized spacial score (nSPS) is 9.45. The molecule has 0 radical (unpaired) electrons. The average Bonchev–Trinajstić information content (AvgIpc) is 2.69. The maximum absolute atomic E-state index is 11.2.